The molecule has 3 aromatic heterocycles. The van der Waals surface area contributed by atoms with Crippen LogP contribution in [0, 0.1) is 0 Å². The molecule has 0 aliphatic heterocycles. The molecule has 0 atom stereocenters. The van der Waals surface area contributed by atoms with Crippen molar-refractivity contribution in [3.8, 4) is 44.9 Å². The van der Waals surface area contributed by atoms with E-state index in [-0.39, 0.29) is 0 Å². The Bertz CT molecular complexity index is 2740. The van der Waals surface area contributed by atoms with Crippen molar-refractivity contribution >= 4 is 53.9 Å². The molecule has 0 fully saturated rings. The number of rotatable bonds is 4. The second-order valence-electron chi connectivity index (χ2n) is 12.4. The molecule has 10 aromatic rings. The molecule has 4 heteroatoms. The van der Waals surface area contributed by atoms with Gasteiger partial charge in [-0.25, -0.2) is 0 Å². The van der Waals surface area contributed by atoms with Gasteiger partial charge in [-0.05, 0) is 84.5 Å². The van der Waals surface area contributed by atoms with Crippen molar-refractivity contribution in [1.82, 2.24) is 19.9 Å². The molecule has 0 amide bonds. The number of pyridine rings is 2. The topological polar surface area (TPSA) is 51.6 Å². The Morgan fingerprint density at radius 2 is 0.854 bits per heavy atom. The SMILES string of the molecule is c1ccc2cc(-c3cc(-c4cc5ccccc5cn4)cc(-c4ccc5ccc6c(-c7cnccn7)ccc7ccc4c5c76)c3)ncc2c1. The van der Waals surface area contributed by atoms with Crippen LogP contribution in [-0.4, -0.2) is 19.9 Å². The van der Waals surface area contributed by atoms with Crippen molar-refractivity contribution < 1.29 is 0 Å². The summed E-state index contributed by atoms with van der Waals surface area (Å²) in [5, 5.41) is 11.9. The molecule has 0 aliphatic rings. The molecular weight excluding hydrogens is 585 g/mol. The Morgan fingerprint density at radius 1 is 0.333 bits per heavy atom. The van der Waals surface area contributed by atoms with E-state index in [0.717, 1.165) is 50.1 Å². The lowest BCUT2D eigenvalue weighted by atomic mass is 9.87. The lowest BCUT2D eigenvalue weighted by Crippen LogP contribution is -1.93. The van der Waals surface area contributed by atoms with Crippen LogP contribution in [0.25, 0.3) is 98.8 Å². The average Bonchev–Trinajstić information content (AvgIpc) is 3.16. The van der Waals surface area contributed by atoms with Gasteiger partial charge in [0.1, 0.15) is 0 Å². The van der Waals surface area contributed by atoms with Gasteiger partial charge in [0.05, 0.1) is 23.3 Å². The molecule has 0 radical (unpaired) electrons. The zero-order chi connectivity index (χ0) is 31.6. The number of fused-ring (bicyclic) bond motifs is 2. The standard InChI is InChI=1S/C44H26N4/c1-3-7-31-24-47-40(22-29(31)5-1)34-19-33(20-35(21-34)41-23-30-6-2-4-8-32(30)25-48-41)36-13-9-27-12-16-39-37(42-26-45-17-18-46-42)14-10-28-11-15-38(36)43(27)44(28)39/h1-26H. The van der Waals surface area contributed by atoms with Crippen LogP contribution in [0.2, 0.25) is 0 Å². The van der Waals surface area contributed by atoms with Gasteiger partial charge in [0.25, 0.3) is 0 Å². The molecule has 0 N–H and O–H groups in total. The van der Waals surface area contributed by atoms with Crippen molar-refractivity contribution in [2.24, 2.45) is 0 Å². The average molecular weight is 611 g/mol. The molecule has 10 rings (SSSR count). The highest BCUT2D eigenvalue weighted by atomic mass is 14.8. The summed E-state index contributed by atoms with van der Waals surface area (Å²) in [6.07, 6.45) is 9.25. The molecule has 48 heavy (non-hydrogen) atoms. The van der Waals surface area contributed by atoms with E-state index in [1.807, 2.05) is 18.6 Å². The van der Waals surface area contributed by atoms with E-state index < -0.39 is 0 Å². The first-order chi connectivity index (χ1) is 23.8. The predicted octanol–water partition coefficient (Wildman–Crippen LogP) is 11.1. The van der Waals surface area contributed by atoms with Gasteiger partial charge in [-0.2, -0.15) is 0 Å². The zero-order valence-corrected chi connectivity index (χ0v) is 25.8. The highest BCUT2D eigenvalue weighted by Crippen LogP contribution is 2.43. The summed E-state index contributed by atoms with van der Waals surface area (Å²) in [5.41, 5.74) is 8.24. The quantitative estimate of drug-likeness (QED) is 0.186. The lowest BCUT2D eigenvalue weighted by Gasteiger charge is -2.17. The fourth-order valence-electron chi connectivity index (χ4n) is 7.28. The molecule has 0 bridgehead atoms. The van der Waals surface area contributed by atoms with Gasteiger partial charge in [-0.15, -0.1) is 0 Å². The van der Waals surface area contributed by atoms with Gasteiger partial charge in [0, 0.05) is 52.3 Å². The van der Waals surface area contributed by atoms with Crippen molar-refractivity contribution in [2.45, 2.75) is 0 Å². The second-order valence-corrected chi connectivity index (χ2v) is 12.4. The van der Waals surface area contributed by atoms with E-state index in [1.54, 1.807) is 12.4 Å². The van der Waals surface area contributed by atoms with Crippen LogP contribution in [0.4, 0.5) is 0 Å². The maximum atomic E-state index is 4.93. The smallest absolute Gasteiger partial charge is 0.0891 e. The van der Waals surface area contributed by atoms with E-state index >= 15 is 0 Å². The lowest BCUT2D eigenvalue weighted by molar-refractivity contribution is 1.21. The van der Waals surface area contributed by atoms with Gasteiger partial charge >= 0.3 is 0 Å². The Balaban J connectivity index is 1.23. The van der Waals surface area contributed by atoms with Gasteiger partial charge < -0.3 is 0 Å². The fraction of sp³-hybridized carbons (Fsp3) is 0. The number of benzene rings is 7. The van der Waals surface area contributed by atoms with E-state index in [0.29, 0.717) is 0 Å². The van der Waals surface area contributed by atoms with Crippen LogP contribution in [0.15, 0.2) is 158 Å². The largest absolute Gasteiger partial charge is 0.261 e. The van der Waals surface area contributed by atoms with Crippen molar-refractivity contribution in [1.29, 1.82) is 0 Å². The molecule has 0 spiro atoms. The van der Waals surface area contributed by atoms with Crippen molar-refractivity contribution in [3.63, 3.8) is 0 Å². The molecule has 0 saturated heterocycles. The van der Waals surface area contributed by atoms with Crippen LogP contribution in [0.5, 0.6) is 0 Å². The fourth-order valence-corrected chi connectivity index (χ4v) is 7.28. The monoisotopic (exact) mass is 610 g/mol. The first-order valence-corrected chi connectivity index (χ1v) is 16.1. The Labute approximate surface area is 276 Å². The van der Waals surface area contributed by atoms with E-state index in [9.17, 15) is 0 Å². The molecule has 7 aromatic carbocycles. The third kappa shape index (κ3) is 4.24. The maximum absolute atomic E-state index is 4.93. The minimum absolute atomic E-state index is 0.874. The third-order valence-corrected chi connectivity index (χ3v) is 9.60. The number of nitrogens with zero attached hydrogens (tertiary/aromatic N) is 4. The number of hydrogen-bond donors (Lipinski definition) is 0. The summed E-state index contributed by atoms with van der Waals surface area (Å²) in [7, 11) is 0. The number of aromatic nitrogens is 4. The number of hydrogen-bond acceptors (Lipinski definition) is 4. The predicted molar refractivity (Wildman–Crippen MR) is 198 cm³/mol. The molecule has 0 saturated carbocycles. The second kappa shape index (κ2) is 10.5. The van der Waals surface area contributed by atoms with Crippen molar-refractivity contribution in [3.05, 3.63) is 158 Å². The van der Waals surface area contributed by atoms with E-state index in [2.05, 4.69) is 137 Å². The highest BCUT2D eigenvalue weighted by Gasteiger charge is 2.17. The molecule has 0 aliphatic carbocycles. The Morgan fingerprint density at radius 3 is 1.44 bits per heavy atom. The summed E-state index contributed by atoms with van der Waals surface area (Å²) < 4.78 is 0. The minimum atomic E-state index is 0.874. The summed E-state index contributed by atoms with van der Waals surface area (Å²) in [6, 6.07) is 45.8. The van der Waals surface area contributed by atoms with Crippen LogP contribution >= 0.6 is 0 Å². The summed E-state index contributed by atoms with van der Waals surface area (Å²) in [4.78, 5) is 18.9. The molecule has 4 nitrogen and oxygen atoms in total. The summed E-state index contributed by atoms with van der Waals surface area (Å²) in [6.45, 7) is 0. The Kier molecular flexibility index (Phi) is 5.84. The normalized spacial score (nSPS) is 11.8. The molecule has 222 valence electrons. The summed E-state index contributed by atoms with van der Waals surface area (Å²) >= 11 is 0. The van der Waals surface area contributed by atoms with Crippen LogP contribution < -0.4 is 0 Å². The van der Waals surface area contributed by atoms with Gasteiger partial charge in [-0.3, -0.25) is 19.9 Å². The summed E-state index contributed by atoms with van der Waals surface area (Å²) in [5.74, 6) is 0. The first kappa shape index (κ1) is 26.7. The van der Waals surface area contributed by atoms with Crippen LogP contribution in [0.1, 0.15) is 0 Å². The van der Waals surface area contributed by atoms with Crippen LogP contribution in [0.3, 0.4) is 0 Å². The van der Waals surface area contributed by atoms with E-state index in [4.69, 9.17) is 9.97 Å². The van der Waals surface area contributed by atoms with Gasteiger partial charge in [0.15, 0.2) is 0 Å². The maximum Gasteiger partial charge on any atom is 0.0891 e. The molecular formula is C44H26N4. The highest BCUT2D eigenvalue weighted by molar-refractivity contribution is 6.27. The zero-order valence-electron chi connectivity index (χ0n) is 25.8. The molecule has 3 heterocycles. The first-order valence-electron chi connectivity index (χ1n) is 16.1. The molecule has 0 unspecified atom stereocenters. The minimum Gasteiger partial charge on any atom is -0.261 e. The van der Waals surface area contributed by atoms with Gasteiger partial charge in [-0.1, -0.05) is 97.1 Å². The van der Waals surface area contributed by atoms with Crippen molar-refractivity contribution in [2.75, 3.05) is 0 Å². The third-order valence-electron chi connectivity index (χ3n) is 9.60. The van der Waals surface area contributed by atoms with Crippen LogP contribution in [-0.2, 0) is 0 Å². The Hall–Kier alpha value is -6.52. The van der Waals surface area contributed by atoms with E-state index in [1.165, 1.54) is 48.7 Å². The van der Waals surface area contributed by atoms with Gasteiger partial charge in [0.2, 0.25) is 0 Å².